The molecule has 0 aliphatic carbocycles. The van der Waals surface area contributed by atoms with Crippen molar-refractivity contribution in [2.75, 3.05) is 47.5 Å². The summed E-state index contributed by atoms with van der Waals surface area (Å²) in [5, 5.41) is 9.96. The minimum Gasteiger partial charge on any atom is -0.381 e. The number of aliphatic hydroxyl groups excluding tert-OH is 1. The van der Waals surface area contributed by atoms with E-state index in [1.807, 2.05) is 0 Å². The van der Waals surface area contributed by atoms with Gasteiger partial charge in [0, 0.05) is 13.0 Å². The Morgan fingerprint density at radius 1 is 0.522 bits per heavy atom. The van der Waals surface area contributed by atoms with Gasteiger partial charge in [0.05, 0.1) is 40.9 Å². The molecule has 46 heavy (non-hydrogen) atoms. The second kappa shape index (κ2) is 33.5. The Kier molecular flexibility index (Phi) is 33.5. The number of phosphoric acid groups is 1. The molecule has 2 atom stereocenters. The third kappa shape index (κ3) is 38.4. The lowest BCUT2D eigenvalue weighted by Gasteiger charge is -2.23. The molecular weight excluding hydrogens is 597 g/mol. The van der Waals surface area contributed by atoms with E-state index in [4.69, 9.17) is 13.8 Å². The molecule has 0 saturated carbocycles. The van der Waals surface area contributed by atoms with E-state index >= 15 is 0 Å². The van der Waals surface area contributed by atoms with E-state index in [1.54, 1.807) is 0 Å². The van der Waals surface area contributed by atoms with Gasteiger partial charge in [0.25, 0.3) is 0 Å². The Bertz CT molecular complexity index is 660. The van der Waals surface area contributed by atoms with Crippen molar-refractivity contribution in [3.8, 4) is 0 Å². The smallest absolute Gasteiger partial charge is 0.381 e. The molecule has 0 amide bonds. The highest BCUT2D eigenvalue weighted by atomic mass is 31.2. The molecule has 2 N–H and O–H groups in total. The Morgan fingerprint density at radius 3 is 1.26 bits per heavy atom. The van der Waals surface area contributed by atoms with Crippen LogP contribution in [0.2, 0.25) is 0 Å². The summed E-state index contributed by atoms with van der Waals surface area (Å²) in [5.74, 6) is 0. The zero-order valence-electron chi connectivity index (χ0n) is 31.3. The highest BCUT2D eigenvalue weighted by Gasteiger charge is 2.25. The SMILES string of the molecule is CCCCCCCCCCCCCCCCCCOCCC(O)OP(=O)(O)OCCCCCCCCCCCCCC[N+](C)(C)C. The van der Waals surface area contributed by atoms with Crippen LogP contribution >= 0.6 is 7.82 Å². The van der Waals surface area contributed by atoms with E-state index in [0.717, 1.165) is 36.6 Å². The molecule has 2 unspecified atom stereocenters. The lowest BCUT2D eigenvalue weighted by atomic mass is 10.0. The predicted molar refractivity (Wildman–Crippen MR) is 196 cm³/mol. The van der Waals surface area contributed by atoms with E-state index in [0.29, 0.717) is 13.2 Å². The van der Waals surface area contributed by atoms with Gasteiger partial charge in [0.15, 0.2) is 6.29 Å². The fraction of sp³-hybridized carbons (Fsp3) is 1.00. The topological polar surface area (TPSA) is 85.2 Å². The van der Waals surface area contributed by atoms with Crippen molar-refractivity contribution in [1.29, 1.82) is 0 Å². The standard InChI is InChI=1S/C38H80NO6P/c1-5-6-7-8-9-10-11-12-13-14-16-19-22-25-28-31-35-43-37-33-38(40)45-46(41,42)44-36-32-29-26-23-20-17-15-18-21-24-27-30-34-39(2,3)4/h38,40H,5-37H2,1-4H3/p+1. The average molecular weight is 679 g/mol. The lowest BCUT2D eigenvalue weighted by Crippen LogP contribution is -2.35. The van der Waals surface area contributed by atoms with Gasteiger partial charge >= 0.3 is 7.82 Å². The van der Waals surface area contributed by atoms with Gasteiger partial charge in [-0.3, -0.25) is 9.05 Å². The molecule has 8 heteroatoms. The first-order chi connectivity index (χ1) is 22.2. The van der Waals surface area contributed by atoms with Crippen molar-refractivity contribution in [1.82, 2.24) is 0 Å². The van der Waals surface area contributed by atoms with E-state index in [9.17, 15) is 14.6 Å². The maximum Gasteiger partial charge on any atom is 0.474 e. The molecule has 0 heterocycles. The van der Waals surface area contributed by atoms with Gasteiger partial charge < -0.3 is 19.2 Å². The quantitative estimate of drug-likeness (QED) is 0.0293. The first-order valence-corrected chi connectivity index (χ1v) is 21.4. The molecule has 7 nitrogen and oxygen atoms in total. The van der Waals surface area contributed by atoms with Crippen LogP contribution in [0.4, 0.5) is 0 Å². The van der Waals surface area contributed by atoms with Crippen LogP contribution in [0.5, 0.6) is 0 Å². The van der Waals surface area contributed by atoms with Crippen LogP contribution in [0.15, 0.2) is 0 Å². The zero-order chi connectivity index (χ0) is 34.0. The number of ether oxygens (including phenoxy) is 1. The Balaban J connectivity index is 3.39. The summed E-state index contributed by atoms with van der Waals surface area (Å²) in [6, 6.07) is 0. The third-order valence-electron chi connectivity index (χ3n) is 8.88. The second-order valence-electron chi connectivity index (χ2n) is 14.8. The van der Waals surface area contributed by atoms with Crippen LogP contribution in [0.3, 0.4) is 0 Å². The summed E-state index contributed by atoms with van der Waals surface area (Å²) in [7, 11) is 2.54. The molecule has 0 aromatic rings. The van der Waals surface area contributed by atoms with Crippen molar-refractivity contribution in [3.05, 3.63) is 0 Å². The fourth-order valence-electron chi connectivity index (χ4n) is 5.91. The monoisotopic (exact) mass is 679 g/mol. The number of hydrogen-bond acceptors (Lipinski definition) is 5. The number of hydrogen-bond donors (Lipinski definition) is 2. The number of aliphatic hydroxyl groups is 1. The summed E-state index contributed by atoms with van der Waals surface area (Å²) >= 11 is 0. The number of unbranched alkanes of at least 4 members (excludes halogenated alkanes) is 26. The molecule has 0 rings (SSSR count). The molecule has 0 saturated heterocycles. The number of nitrogens with zero attached hydrogens (tertiary/aromatic N) is 1. The molecule has 0 fully saturated rings. The molecule has 0 bridgehead atoms. The largest absolute Gasteiger partial charge is 0.474 e. The van der Waals surface area contributed by atoms with Crippen LogP contribution < -0.4 is 0 Å². The molecule has 0 aromatic carbocycles. The van der Waals surface area contributed by atoms with Crippen LogP contribution in [0.1, 0.15) is 193 Å². The van der Waals surface area contributed by atoms with Crippen molar-refractivity contribution < 1.29 is 32.8 Å². The van der Waals surface area contributed by atoms with E-state index in [-0.39, 0.29) is 13.0 Å². The summed E-state index contributed by atoms with van der Waals surface area (Å²) in [6.45, 7) is 4.67. The summed E-state index contributed by atoms with van der Waals surface area (Å²) < 4.78 is 28.7. The van der Waals surface area contributed by atoms with E-state index in [2.05, 4.69) is 28.1 Å². The van der Waals surface area contributed by atoms with Gasteiger partial charge in [-0.1, -0.05) is 161 Å². The lowest BCUT2D eigenvalue weighted by molar-refractivity contribution is -0.870. The Hall–Kier alpha value is -0.0100. The van der Waals surface area contributed by atoms with Gasteiger partial charge in [0.2, 0.25) is 0 Å². The maximum absolute atomic E-state index is 12.1. The zero-order valence-corrected chi connectivity index (χ0v) is 32.2. The second-order valence-corrected chi connectivity index (χ2v) is 16.2. The first-order valence-electron chi connectivity index (χ1n) is 19.9. The molecule has 0 aliphatic rings. The normalized spacial score (nSPS) is 14.1. The summed E-state index contributed by atoms with van der Waals surface area (Å²) in [5.41, 5.74) is 0. The predicted octanol–water partition coefficient (Wildman–Crippen LogP) is 11.5. The highest BCUT2D eigenvalue weighted by molar-refractivity contribution is 7.47. The highest BCUT2D eigenvalue weighted by Crippen LogP contribution is 2.44. The van der Waals surface area contributed by atoms with Gasteiger partial charge in [-0.05, 0) is 25.7 Å². The molecule has 0 aromatic heterocycles. The van der Waals surface area contributed by atoms with Gasteiger partial charge in [-0.15, -0.1) is 0 Å². The van der Waals surface area contributed by atoms with Gasteiger partial charge in [-0.25, -0.2) is 4.57 Å². The summed E-state index contributed by atoms with van der Waals surface area (Å²) in [6.07, 6.45) is 34.9. The van der Waals surface area contributed by atoms with E-state index in [1.165, 1.54) is 154 Å². The van der Waals surface area contributed by atoms with Crippen LogP contribution in [-0.4, -0.2) is 68.3 Å². The van der Waals surface area contributed by atoms with Crippen LogP contribution in [-0.2, 0) is 18.3 Å². The van der Waals surface area contributed by atoms with Gasteiger partial charge in [-0.2, -0.15) is 0 Å². The molecule has 0 spiro atoms. The Labute approximate surface area is 287 Å². The molecule has 278 valence electrons. The Morgan fingerprint density at radius 2 is 0.870 bits per heavy atom. The molecule has 0 radical (unpaired) electrons. The minimum atomic E-state index is -4.24. The van der Waals surface area contributed by atoms with Crippen molar-refractivity contribution in [2.24, 2.45) is 0 Å². The van der Waals surface area contributed by atoms with Crippen molar-refractivity contribution >= 4 is 7.82 Å². The summed E-state index contributed by atoms with van der Waals surface area (Å²) in [4.78, 5) is 9.88. The van der Waals surface area contributed by atoms with Gasteiger partial charge in [0.1, 0.15) is 0 Å². The number of phosphoric ester groups is 1. The fourth-order valence-corrected chi connectivity index (χ4v) is 6.74. The molecular formula is C38H81NO6P+. The number of quaternary nitrogens is 1. The first kappa shape index (κ1) is 46.0. The minimum absolute atomic E-state index is 0.156. The maximum atomic E-state index is 12.1. The van der Waals surface area contributed by atoms with Crippen LogP contribution in [0, 0.1) is 0 Å². The van der Waals surface area contributed by atoms with Crippen molar-refractivity contribution in [2.45, 2.75) is 199 Å². The van der Waals surface area contributed by atoms with E-state index < -0.39 is 14.1 Å². The number of rotatable bonds is 38. The van der Waals surface area contributed by atoms with Crippen molar-refractivity contribution in [3.63, 3.8) is 0 Å². The van der Waals surface area contributed by atoms with Crippen LogP contribution in [0.25, 0.3) is 0 Å². The average Bonchev–Trinajstić information content (AvgIpc) is 2.99. The molecule has 0 aliphatic heterocycles. The third-order valence-corrected chi connectivity index (χ3v) is 9.90.